The molecular weight excluding hydrogens is 352 g/mol. The minimum atomic E-state index is -1.23. The number of benzene rings is 2. The minimum Gasteiger partial charge on any atom is -0.507 e. The fourth-order valence-corrected chi connectivity index (χ4v) is 2.12. The highest BCUT2D eigenvalue weighted by molar-refractivity contribution is 5.99. The van der Waals surface area contributed by atoms with Crippen molar-refractivity contribution in [1.82, 2.24) is 10.6 Å². The maximum absolute atomic E-state index is 12.1. The Morgan fingerprint density at radius 2 is 1.81 bits per heavy atom. The van der Waals surface area contributed by atoms with Crippen LogP contribution in [0.3, 0.4) is 0 Å². The first-order chi connectivity index (χ1) is 12.9. The molecule has 0 unspecified atom stereocenters. The third-order valence-electron chi connectivity index (χ3n) is 3.61. The summed E-state index contributed by atoms with van der Waals surface area (Å²) in [4.78, 5) is 35.8. The minimum absolute atomic E-state index is 0.121. The van der Waals surface area contributed by atoms with Crippen LogP contribution in [0, 0.1) is 0 Å². The smallest absolute Gasteiger partial charge is 0.342 e. The summed E-state index contributed by atoms with van der Waals surface area (Å²) in [6.07, 6.45) is -1.23. The number of hydrogen-bond donors (Lipinski definition) is 3. The maximum Gasteiger partial charge on any atom is 0.342 e. The van der Waals surface area contributed by atoms with Gasteiger partial charge in [0.2, 0.25) is 0 Å². The van der Waals surface area contributed by atoms with E-state index in [0.29, 0.717) is 5.75 Å². The number of nitrogens with one attached hydrogen (secondary N) is 2. The quantitative estimate of drug-likeness (QED) is 0.668. The first-order valence-electron chi connectivity index (χ1n) is 8.11. The van der Waals surface area contributed by atoms with Gasteiger partial charge in [0.15, 0.2) is 6.10 Å². The number of esters is 1. The molecule has 0 aliphatic carbocycles. The van der Waals surface area contributed by atoms with Gasteiger partial charge in [-0.3, -0.25) is 10.1 Å². The van der Waals surface area contributed by atoms with Crippen molar-refractivity contribution in [2.45, 2.75) is 19.6 Å². The summed E-state index contributed by atoms with van der Waals surface area (Å²) in [7, 11) is 1.42. The summed E-state index contributed by atoms with van der Waals surface area (Å²) in [5.74, 6) is -1.66. The van der Waals surface area contributed by atoms with Gasteiger partial charge < -0.3 is 19.9 Å². The highest BCUT2D eigenvalue weighted by atomic mass is 16.5. The van der Waals surface area contributed by atoms with E-state index >= 15 is 0 Å². The molecule has 8 nitrogen and oxygen atoms in total. The van der Waals surface area contributed by atoms with Crippen molar-refractivity contribution in [3.05, 3.63) is 59.7 Å². The van der Waals surface area contributed by atoms with Gasteiger partial charge in [0.05, 0.1) is 7.11 Å². The number of hydrogen-bond acceptors (Lipinski definition) is 6. The van der Waals surface area contributed by atoms with E-state index in [1.807, 2.05) is 30.3 Å². The lowest BCUT2D eigenvalue weighted by molar-refractivity contribution is -0.127. The van der Waals surface area contributed by atoms with Crippen LogP contribution < -0.4 is 15.4 Å². The van der Waals surface area contributed by atoms with Crippen LogP contribution in [0.2, 0.25) is 0 Å². The van der Waals surface area contributed by atoms with Gasteiger partial charge in [0.25, 0.3) is 5.91 Å². The Labute approximate surface area is 156 Å². The first-order valence-corrected chi connectivity index (χ1v) is 8.11. The second kappa shape index (κ2) is 9.23. The number of ether oxygens (including phenoxy) is 2. The van der Waals surface area contributed by atoms with Crippen LogP contribution in [0.25, 0.3) is 0 Å². The van der Waals surface area contributed by atoms with E-state index in [0.717, 1.165) is 5.56 Å². The molecule has 8 heteroatoms. The van der Waals surface area contributed by atoms with Crippen molar-refractivity contribution in [2.24, 2.45) is 0 Å². The summed E-state index contributed by atoms with van der Waals surface area (Å²) in [6, 6.07) is 12.5. The molecule has 0 saturated carbocycles. The zero-order valence-corrected chi connectivity index (χ0v) is 14.9. The van der Waals surface area contributed by atoms with Crippen molar-refractivity contribution < 1.29 is 29.0 Å². The van der Waals surface area contributed by atoms with Crippen LogP contribution in [0.5, 0.6) is 11.5 Å². The predicted octanol–water partition coefficient (Wildman–Crippen LogP) is 1.97. The Kier molecular flexibility index (Phi) is 6.76. The van der Waals surface area contributed by atoms with Crippen LogP contribution in [0.1, 0.15) is 22.8 Å². The molecule has 2 aromatic carbocycles. The Bertz CT molecular complexity index is 822. The molecule has 0 heterocycles. The van der Waals surface area contributed by atoms with Crippen LogP contribution in [0.15, 0.2) is 48.5 Å². The number of amides is 3. The van der Waals surface area contributed by atoms with E-state index < -0.39 is 24.0 Å². The Morgan fingerprint density at radius 3 is 2.44 bits per heavy atom. The number of phenols is 1. The number of urea groups is 1. The summed E-state index contributed by atoms with van der Waals surface area (Å²) >= 11 is 0. The Balaban J connectivity index is 1.85. The Hall–Kier alpha value is -3.55. The molecule has 0 aliphatic heterocycles. The number of aromatic hydroxyl groups is 1. The molecule has 2 rings (SSSR count). The molecule has 3 N–H and O–H groups in total. The number of methoxy groups -OCH3 is 1. The lowest BCUT2D eigenvalue weighted by atomic mass is 10.2. The van der Waals surface area contributed by atoms with Crippen molar-refractivity contribution in [1.29, 1.82) is 0 Å². The predicted molar refractivity (Wildman–Crippen MR) is 96.4 cm³/mol. The van der Waals surface area contributed by atoms with E-state index in [9.17, 15) is 19.5 Å². The largest absolute Gasteiger partial charge is 0.507 e. The zero-order valence-electron chi connectivity index (χ0n) is 14.9. The van der Waals surface area contributed by atoms with Gasteiger partial charge in [0.1, 0.15) is 17.1 Å². The number of carbonyl (C=O) groups excluding carboxylic acids is 3. The second-order valence-electron chi connectivity index (χ2n) is 5.59. The second-order valence-corrected chi connectivity index (χ2v) is 5.59. The third-order valence-corrected chi connectivity index (χ3v) is 3.61. The number of imide groups is 1. The lowest BCUT2D eigenvalue weighted by Crippen LogP contribution is -2.44. The molecule has 3 amide bonds. The molecule has 142 valence electrons. The van der Waals surface area contributed by atoms with Crippen LogP contribution in [-0.2, 0) is 16.1 Å². The maximum atomic E-state index is 12.1. The monoisotopic (exact) mass is 372 g/mol. The average molecular weight is 372 g/mol. The highest BCUT2D eigenvalue weighted by Crippen LogP contribution is 2.24. The van der Waals surface area contributed by atoms with E-state index in [4.69, 9.17) is 9.47 Å². The summed E-state index contributed by atoms with van der Waals surface area (Å²) in [5.41, 5.74) is 0.749. The molecule has 27 heavy (non-hydrogen) atoms. The summed E-state index contributed by atoms with van der Waals surface area (Å²) in [5, 5.41) is 14.4. The normalized spacial score (nSPS) is 11.2. The fraction of sp³-hybridized carbons (Fsp3) is 0.211. The molecular formula is C19H20N2O6. The van der Waals surface area contributed by atoms with E-state index in [1.54, 1.807) is 0 Å². The molecule has 0 aliphatic rings. The molecule has 0 bridgehead atoms. The topological polar surface area (TPSA) is 114 Å². The SMILES string of the molecule is COc1ccc(C(=O)O[C@H](C)C(=O)NC(=O)NCc2ccccc2)c(O)c1. The van der Waals surface area contributed by atoms with Crippen molar-refractivity contribution in [2.75, 3.05) is 7.11 Å². The fourth-order valence-electron chi connectivity index (χ4n) is 2.12. The van der Waals surface area contributed by atoms with Gasteiger partial charge in [-0.2, -0.15) is 0 Å². The number of phenolic OH excluding ortho intramolecular Hbond substituents is 1. The molecule has 0 spiro atoms. The van der Waals surface area contributed by atoms with Crippen molar-refractivity contribution in [3.63, 3.8) is 0 Å². The summed E-state index contributed by atoms with van der Waals surface area (Å²) < 4.78 is 9.91. The molecule has 2 aromatic rings. The zero-order chi connectivity index (χ0) is 19.8. The molecule has 0 aromatic heterocycles. The standard InChI is InChI=1S/C19H20N2O6/c1-12(27-18(24)15-9-8-14(26-2)10-16(15)22)17(23)21-19(25)20-11-13-6-4-3-5-7-13/h3-10,12,22H,11H2,1-2H3,(H2,20,21,23,25)/t12-/m1/s1. The first kappa shape index (κ1) is 19.8. The van der Waals surface area contributed by atoms with Gasteiger partial charge in [-0.15, -0.1) is 0 Å². The van der Waals surface area contributed by atoms with Crippen molar-refractivity contribution >= 4 is 17.9 Å². The Morgan fingerprint density at radius 1 is 1.11 bits per heavy atom. The van der Waals surface area contributed by atoms with Gasteiger partial charge in [0, 0.05) is 12.6 Å². The van der Waals surface area contributed by atoms with Crippen LogP contribution in [0.4, 0.5) is 4.79 Å². The summed E-state index contributed by atoms with van der Waals surface area (Å²) in [6.45, 7) is 1.56. The van der Waals surface area contributed by atoms with Gasteiger partial charge in [-0.1, -0.05) is 30.3 Å². The van der Waals surface area contributed by atoms with Gasteiger partial charge in [-0.05, 0) is 24.6 Å². The van der Waals surface area contributed by atoms with Crippen LogP contribution in [-0.4, -0.2) is 36.2 Å². The molecule has 0 saturated heterocycles. The third kappa shape index (κ3) is 5.74. The number of rotatable bonds is 6. The van der Waals surface area contributed by atoms with Gasteiger partial charge >= 0.3 is 12.0 Å². The van der Waals surface area contributed by atoms with E-state index in [-0.39, 0.29) is 17.9 Å². The van der Waals surface area contributed by atoms with E-state index in [2.05, 4.69) is 10.6 Å². The molecule has 0 fully saturated rings. The molecule has 1 atom stereocenters. The average Bonchev–Trinajstić information content (AvgIpc) is 2.66. The lowest BCUT2D eigenvalue weighted by Gasteiger charge is -2.14. The number of carbonyl (C=O) groups is 3. The highest BCUT2D eigenvalue weighted by Gasteiger charge is 2.22. The van der Waals surface area contributed by atoms with E-state index in [1.165, 1.54) is 32.2 Å². The van der Waals surface area contributed by atoms with Crippen LogP contribution >= 0.6 is 0 Å². The van der Waals surface area contributed by atoms with Gasteiger partial charge in [-0.25, -0.2) is 9.59 Å². The van der Waals surface area contributed by atoms with Crippen molar-refractivity contribution in [3.8, 4) is 11.5 Å². The molecule has 0 radical (unpaired) electrons.